The molecule has 5 nitrogen and oxygen atoms in total. The smallest absolute Gasteiger partial charge is 0.187 e. The van der Waals surface area contributed by atoms with E-state index in [1.807, 2.05) is 54.6 Å². The van der Waals surface area contributed by atoms with Crippen LogP contribution in [0.25, 0.3) is 0 Å². The van der Waals surface area contributed by atoms with Crippen molar-refractivity contribution in [1.82, 2.24) is 0 Å². The normalized spacial score (nSPS) is 28.1. The van der Waals surface area contributed by atoms with E-state index >= 15 is 0 Å². The molecule has 0 radical (unpaired) electrons. The monoisotopic (exact) mass is 572 g/mol. The van der Waals surface area contributed by atoms with Crippen molar-refractivity contribution in [2.24, 2.45) is 0 Å². The fourth-order valence-corrected chi connectivity index (χ4v) is 5.18. The molecule has 178 valence electrons. The molecule has 0 aliphatic carbocycles. The Morgan fingerprint density at radius 3 is 1.47 bits per heavy atom. The quantitative estimate of drug-likeness (QED) is 0.244. The lowest BCUT2D eigenvalue weighted by molar-refractivity contribution is -0.268. The Morgan fingerprint density at radius 1 is 0.559 bits per heavy atom. The number of ether oxygens (including phenoxy) is 5. The van der Waals surface area contributed by atoms with E-state index < -0.39 is 12.4 Å². The van der Waals surface area contributed by atoms with E-state index in [9.17, 15) is 0 Å². The first-order chi connectivity index (χ1) is 16.8. The molecule has 0 unspecified atom stereocenters. The lowest BCUT2D eigenvalue weighted by Crippen LogP contribution is -2.57. The number of hydrogen-bond donors (Lipinski definition) is 0. The second-order valence-corrected chi connectivity index (χ2v) is 9.46. The number of alkyl halides is 1. The van der Waals surface area contributed by atoms with E-state index in [2.05, 4.69) is 59.0 Å². The van der Waals surface area contributed by atoms with Crippen LogP contribution in [-0.2, 0) is 43.5 Å². The molecule has 0 saturated carbocycles. The summed E-state index contributed by atoms with van der Waals surface area (Å²) in [4.78, 5) is 0. The summed E-state index contributed by atoms with van der Waals surface area (Å²) in [5.74, 6) is 0. The van der Waals surface area contributed by atoms with Gasteiger partial charge in [-0.15, -0.1) is 0 Å². The number of rotatable bonds is 10. The Labute approximate surface area is 214 Å². The summed E-state index contributed by atoms with van der Waals surface area (Å²) in [5, 5.41) is 0. The van der Waals surface area contributed by atoms with Crippen molar-refractivity contribution in [2.75, 3.05) is 4.43 Å². The van der Waals surface area contributed by atoms with Gasteiger partial charge in [-0.3, -0.25) is 0 Å². The summed E-state index contributed by atoms with van der Waals surface area (Å²) in [6.45, 7) is 1.39. The molecular formula is C28H29IO5. The van der Waals surface area contributed by atoms with Crippen molar-refractivity contribution in [3.05, 3.63) is 108 Å². The van der Waals surface area contributed by atoms with Gasteiger partial charge in [0, 0.05) is 4.43 Å². The summed E-state index contributed by atoms with van der Waals surface area (Å²) in [7, 11) is 0. The van der Waals surface area contributed by atoms with Crippen LogP contribution >= 0.6 is 22.6 Å². The van der Waals surface area contributed by atoms with Crippen LogP contribution in [0.2, 0.25) is 0 Å². The Balaban J connectivity index is 1.38. The topological polar surface area (TPSA) is 46.2 Å². The van der Waals surface area contributed by atoms with Crippen molar-refractivity contribution in [3.8, 4) is 0 Å². The molecule has 2 heterocycles. The SMILES string of the molecule is IC[C@H]1O[C@H]2O[C@@H]1[C@@H](OCc1ccccc1)[C@H](OCc1ccccc1)[C@@H]2OCc1ccccc1. The van der Waals surface area contributed by atoms with Crippen molar-refractivity contribution >= 4 is 22.6 Å². The lowest BCUT2D eigenvalue weighted by atomic mass is 9.97. The van der Waals surface area contributed by atoms with Gasteiger partial charge in [0.05, 0.1) is 25.9 Å². The van der Waals surface area contributed by atoms with Gasteiger partial charge in [0.2, 0.25) is 0 Å². The molecule has 6 atom stereocenters. The van der Waals surface area contributed by atoms with E-state index in [1.165, 1.54) is 0 Å². The van der Waals surface area contributed by atoms with E-state index in [0.717, 1.165) is 21.1 Å². The van der Waals surface area contributed by atoms with Gasteiger partial charge < -0.3 is 23.7 Å². The number of benzene rings is 3. The molecule has 2 aliphatic rings. The zero-order chi connectivity index (χ0) is 23.2. The molecule has 0 spiro atoms. The third kappa shape index (κ3) is 5.70. The van der Waals surface area contributed by atoms with E-state index in [4.69, 9.17) is 23.7 Å². The van der Waals surface area contributed by atoms with Crippen LogP contribution in [0.4, 0.5) is 0 Å². The molecule has 0 N–H and O–H groups in total. The molecule has 2 saturated heterocycles. The summed E-state index contributed by atoms with van der Waals surface area (Å²) in [6.07, 6.45) is -1.81. The molecular weight excluding hydrogens is 543 g/mol. The first kappa shape index (κ1) is 23.9. The highest BCUT2D eigenvalue weighted by Gasteiger charge is 2.56. The van der Waals surface area contributed by atoms with Gasteiger partial charge in [-0.05, 0) is 16.7 Å². The maximum absolute atomic E-state index is 6.53. The largest absolute Gasteiger partial charge is 0.368 e. The zero-order valence-corrected chi connectivity index (χ0v) is 21.0. The Kier molecular flexibility index (Phi) is 8.26. The predicted octanol–water partition coefficient (Wildman–Crippen LogP) is 5.30. The van der Waals surface area contributed by atoms with Crippen molar-refractivity contribution in [3.63, 3.8) is 0 Å². The van der Waals surface area contributed by atoms with Crippen molar-refractivity contribution in [1.29, 1.82) is 0 Å². The highest BCUT2D eigenvalue weighted by molar-refractivity contribution is 14.1. The molecule has 0 amide bonds. The minimum absolute atomic E-state index is 0.0699. The molecule has 5 rings (SSSR count). The van der Waals surface area contributed by atoms with Crippen LogP contribution in [0.15, 0.2) is 91.0 Å². The highest BCUT2D eigenvalue weighted by Crippen LogP contribution is 2.38. The van der Waals surface area contributed by atoms with Crippen LogP contribution in [0.1, 0.15) is 16.7 Å². The van der Waals surface area contributed by atoms with Crippen LogP contribution in [0.5, 0.6) is 0 Å². The summed E-state index contributed by atoms with van der Waals surface area (Å²) in [6, 6.07) is 30.5. The van der Waals surface area contributed by atoms with Crippen molar-refractivity contribution in [2.45, 2.75) is 56.6 Å². The highest BCUT2D eigenvalue weighted by atomic mass is 127. The number of hydrogen-bond acceptors (Lipinski definition) is 5. The molecule has 2 fully saturated rings. The zero-order valence-electron chi connectivity index (χ0n) is 18.9. The van der Waals surface area contributed by atoms with Gasteiger partial charge in [0.25, 0.3) is 0 Å². The maximum Gasteiger partial charge on any atom is 0.187 e. The fourth-order valence-electron chi connectivity index (χ4n) is 4.47. The van der Waals surface area contributed by atoms with Crippen LogP contribution in [-0.4, -0.2) is 41.2 Å². The molecule has 3 aromatic carbocycles. The third-order valence-corrected chi connectivity index (χ3v) is 7.08. The maximum atomic E-state index is 6.53. The molecule has 2 aliphatic heterocycles. The minimum Gasteiger partial charge on any atom is -0.368 e. The average Bonchev–Trinajstić information content (AvgIpc) is 3.28. The third-order valence-electron chi connectivity index (χ3n) is 6.21. The lowest BCUT2D eigenvalue weighted by Gasteiger charge is -2.40. The first-order valence-electron chi connectivity index (χ1n) is 11.7. The number of halogens is 1. The van der Waals surface area contributed by atoms with E-state index in [0.29, 0.717) is 19.8 Å². The second kappa shape index (κ2) is 11.7. The Hall–Kier alpha value is -1.81. The van der Waals surface area contributed by atoms with Gasteiger partial charge >= 0.3 is 0 Å². The molecule has 6 heteroatoms. The summed E-state index contributed by atoms with van der Waals surface area (Å²) in [5.41, 5.74) is 3.31. The van der Waals surface area contributed by atoms with E-state index in [-0.39, 0.29) is 24.4 Å². The van der Waals surface area contributed by atoms with Gasteiger partial charge in [0.1, 0.15) is 24.4 Å². The van der Waals surface area contributed by atoms with Crippen LogP contribution in [0.3, 0.4) is 0 Å². The number of fused-ring (bicyclic) bond motifs is 2. The van der Waals surface area contributed by atoms with Crippen LogP contribution in [0, 0.1) is 0 Å². The van der Waals surface area contributed by atoms with E-state index in [1.54, 1.807) is 0 Å². The second-order valence-electron chi connectivity index (χ2n) is 8.58. The minimum atomic E-state index is -0.481. The summed E-state index contributed by atoms with van der Waals surface area (Å²) < 4.78 is 32.9. The fraction of sp³-hybridized carbons (Fsp3) is 0.357. The van der Waals surface area contributed by atoms with Gasteiger partial charge in [-0.1, -0.05) is 114 Å². The van der Waals surface area contributed by atoms with Gasteiger partial charge in [-0.2, -0.15) is 0 Å². The van der Waals surface area contributed by atoms with Gasteiger partial charge in [0.15, 0.2) is 6.29 Å². The molecule has 2 bridgehead atoms. The van der Waals surface area contributed by atoms with Crippen molar-refractivity contribution < 1.29 is 23.7 Å². The Morgan fingerprint density at radius 2 is 1.00 bits per heavy atom. The molecule has 3 aromatic rings. The predicted molar refractivity (Wildman–Crippen MR) is 137 cm³/mol. The average molecular weight is 572 g/mol. The molecule has 34 heavy (non-hydrogen) atoms. The Bertz CT molecular complexity index is 1000. The van der Waals surface area contributed by atoms with Crippen LogP contribution < -0.4 is 0 Å². The van der Waals surface area contributed by atoms with Gasteiger partial charge in [-0.25, -0.2) is 0 Å². The first-order valence-corrected chi connectivity index (χ1v) is 13.2. The summed E-state index contributed by atoms with van der Waals surface area (Å²) >= 11 is 2.35. The molecule has 0 aromatic heterocycles. The standard InChI is InChI=1S/C28H29IO5/c29-16-23-24-25(30-17-20-10-4-1-5-11-20)26(31-18-21-12-6-2-7-13-21)27(28(33-23)34-24)32-19-22-14-8-3-9-15-22/h1-15,23-28H,16-19H2/t23-,24+,25-,26+,27+,28+/m1/s1.